The zero-order chi connectivity index (χ0) is 14.9. The molecule has 0 saturated heterocycles. The first-order valence-corrected chi connectivity index (χ1v) is 6.97. The van der Waals surface area contributed by atoms with E-state index in [0.29, 0.717) is 6.54 Å². The van der Waals surface area contributed by atoms with E-state index < -0.39 is 0 Å². The van der Waals surface area contributed by atoms with Crippen LogP contribution in [0.4, 0.5) is 0 Å². The third kappa shape index (κ3) is 2.06. The Kier molecular flexibility index (Phi) is 2.94. The molecule has 0 aromatic carbocycles. The van der Waals surface area contributed by atoms with Crippen molar-refractivity contribution in [3.05, 3.63) is 54.7 Å². The van der Waals surface area contributed by atoms with Gasteiger partial charge in [-0.05, 0) is 29.8 Å². The van der Waals surface area contributed by atoms with Gasteiger partial charge >= 0.3 is 0 Å². The molecule has 0 unspecified atom stereocenters. The molecule has 0 aliphatic heterocycles. The van der Waals surface area contributed by atoms with Crippen LogP contribution < -0.4 is 5.73 Å². The van der Waals surface area contributed by atoms with Crippen molar-refractivity contribution >= 4 is 11.0 Å². The maximum absolute atomic E-state index is 5.68. The summed E-state index contributed by atoms with van der Waals surface area (Å²) in [5, 5.41) is 8.00. The molecule has 0 bridgehead atoms. The van der Waals surface area contributed by atoms with Gasteiger partial charge < -0.3 is 10.7 Å². The molecule has 0 spiro atoms. The molecule has 22 heavy (non-hydrogen) atoms. The van der Waals surface area contributed by atoms with Crippen LogP contribution in [0.1, 0.15) is 5.69 Å². The number of fused-ring (bicyclic) bond motifs is 1. The molecule has 4 rings (SSSR count). The number of aromatic nitrogens is 5. The minimum absolute atomic E-state index is 0.424. The number of pyridine rings is 2. The van der Waals surface area contributed by atoms with Crippen molar-refractivity contribution in [1.29, 1.82) is 0 Å². The minimum Gasteiger partial charge on any atom is -0.346 e. The van der Waals surface area contributed by atoms with Gasteiger partial charge in [0.05, 0.1) is 11.4 Å². The van der Waals surface area contributed by atoms with Crippen LogP contribution in [0.3, 0.4) is 0 Å². The van der Waals surface area contributed by atoms with Crippen molar-refractivity contribution in [3.63, 3.8) is 0 Å². The second-order valence-corrected chi connectivity index (χ2v) is 5.03. The smallest absolute Gasteiger partial charge is 0.137 e. The maximum atomic E-state index is 5.68. The first-order chi connectivity index (χ1) is 10.8. The van der Waals surface area contributed by atoms with Gasteiger partial charge in [-0.15, -0.1) is 0 Å². The third-order valence-electron chi connectivity index (χ3n) is 3.68. The summed E-state index contributed by atoms with van der Waals surface area (Å²) in [6.45, 7) is 0.424. The lowest BCUT2D eigenvalue weighted by Crippen LogP contribution is -1.98. The van der Waals surface area contributed by atoms with E-state index in [1.807, 2.05) is 30.6 Å². The van der Waals surface area contributed by atoms with E-state index in [1.165, 1.54) is 0 Å². The Morgan fingerprint density at radius 3 is 2.82 bits per heavy atom. The second-order valence-electron chi connectivity index (χ2n) is 5.03. The van der Waals surface area contributed by atoms with Crippen molar-refractivity contribution in [2.75, 3.05) is 0 Å². The molecule has 0 aliphatic carbocycles. The summed E-state index contributed by atoms with van der Waals surface area (Å²) in [4.78, 5) is 11.9. The minimum atomic E-state index is 0.424. The lowest BCUT2D eigenvalue weighted by Gasteiger charge is -2.03. The molecule has 108 valence electrons. The highest BCUT2D eigenvalue weighted by Gasteiger charge is 2.10. The quantitative estimate of drug-likeness (QED) is 0.540. The average molecular weight is 290 g/mol. The van der Waals surface area contributed by atoms with E-state index in [1.54, 1.807) is 12.4 Å². The van der Waals surface area contributed by atoms with Crippen LogP contribution in [-0.2, 0) is 6.54 Å². The first-order valence-electron chi connectivity index (χ1n) is 6.97. The lowest BCUT2D eigenvalue weighted by atomic mass is 10.0. The largest absolute Gasteiger partial charge is 0.346 e. The molecule has 0 fully saturated rings. The number of hydrogen-bond donors (Lipinski definition) is 3. The number of aromatic amines is 2. The summed E-state index contributed by atoms with van der Waals surface area (Å²) in [6, 6.07) is 8.01. The lowest BCUT2D eigenvalue weighted by molar-refractivity contribution is 0.992. The van der Waals surface area contributed by atoms with Gasteiger partial charge in [0.25, 0.3) is 0 Å². The number of rotatable bonds is 3. The molecule has 0 amide bonds. The highest BCUT2D eigenvalue weighted by atomic mass is 15.1. The summed E-state index contributed by atoms with van der Waals surface area (Å²) in [5.74, 6) is 0. The standard InChI is InChI=1S/C16H14N6/c17-7-12-5-10(1-3-18-12)14-9-20-16-13(14)6-11(8-19-16)15-2-4-21-22-15/h1-6,8-9H,7,17H2,(H,19,20)(H,21,22). The normalized spacial score (nSPS) is 11.1. The average Bonchev–Trinajstić information content (AvgIpc) is 3.23. The van der Waals surface area contributed by atoms with Crippen LogP contribution >= 0.6 is 0 Å². The Balaban J connectivity index is 1.89. The van der Waals surface area contributed by atoms with Gasteiger partial charge in [0.2, 0.25) is 0 Å². The molecule has 0 radical (unpaired) electrons. The molecule has 6 nitrogen and oxygen atoms in total. The van der Waals surface area contributed by atoms with Gasteiger partial charge in [-0.1, -0.05) is 0 Å². The molecule has 0 atom stereocenters. The van der Waals surface area contributed by atoms with Gasteiger partial charge in [-0.25, -0.2) is 4.98 Å². The number of nitrogens with one attached hydrogen (secondary N) is 2. The number of nitrogens with zero attached hydrogens (tertiary/aromatic N) is 3. The van der Waals surface area contributed by atoms with Crippen molar-refractivity contribution in [1.82, 2.24) is 25.1 Å². The molecule has 4 aromatic rings. The van der Waals surface area contributed by atoms with Crippen molar-refractivity contribution in [3.8, 4) is 22.4 Å². The SMILES string of the molecule is NCc1cc(-c2c[nH]c3ncc(-c4ccn[nH]4)cc23)ccn1. The highest BCUT2D eigenvalue weighted by Crippen LogP contribution is 2.30. The summed E-state index contributed by atoms with van der Waals surface area (Å²) in [7, 11) is 0. The Morgan fingerprint density at radius 2 is 2.00 bits per heavy atom. The molecule has 0 saturated carbocycles. The van der Waals surface area contributed by atoms with Crippen LogP contribution in [-0.4, -0.2) is 25.1 Å². The van der Waals surface area contributed by atoms with Gasteiger partial charge in [-0.2, -0.15) is 5.10 Å². The molecular weight excluding hydrogens is 276 g/mol. The molecule has 4 N–H and O–H groups in total. The fourth-order valence-electron chi connectivity index (χ4n) is 2.56. The van der Waals surface area contributed by atoms with Gasteiger partial charge in [0.15, 0.2) is 0 Å². The van der Waals surface area contributed by atoms with Crippen LogP contribution in [0.2, 0.25) is 0 Å². The Morgan fingerprint density at radius 1 is 1.05 bits per heavy atom. The predicted molar refractivity (Wildman–Crippen MR) is 84.8 cm³/mol. The van der Waals surface area contributed by atoms with Gasteiger partial charge in [0.1, 0.15) is 5.65 Å². The van der Waals surface area contributed by atoms with Crippen LogP contribution in [0.15, 0.2) is 49.1 Å². The molecule has 4 heterocycles. The predicted octanol–water partition coefficient (Wildman–Crippen LogP) is 2.47. The van der Waals surface area contributed by atoms with Crippen LogP contribution in [0, 0.1) is 0 Å². The van der Waals surface area contributed by atoms with Crippen LogP contribution in [0.5, 0.6) is 0 Å². The fraction of sp³-hybridized carbons (Fsp3) is 0.0625. The Labute approximate surface area is 126 Å². The fourth-order valence-corrected chi connectivity index (χ4v) is 2.56. The van der Waals surface area contributed by atoms with Crippen molar-refractivity contribution in [2.24, 2.45) is 5.73 Å². The van der Waals surface area contributed by atoms with Gasteiger partial charge in [0, 0.05) is 47.8 Å². The van der Waals surface area contributed by atoms with E-state index in [0.717, 1.165) is 39.1 Å². The highest BCUT2D eigenvalue weighted by molar-refractivity contribution is 5.95. The summed E-state index contributed by atoms with van der Waals surface area (Å²) in [6.07, 6.45) is 7.30. The zero-order valence-corrected chi connectivity index (χ0v) is 11.7. The molecular formula is C16H14N6. The number of hydrogen-bond acceptors (Lipinski definition) is 4. The molecule has 4 aromatic heterocycles. The zero-order valence-electron chi connectivity index (χ0n) is 11.7. The first kappa shape index (κ1) is 12.7. The second kappa shape index (κ2) is 5.09. The monoisotopic (exact) mass is 290 g/mol. The van der Waals surface area contributed by atoms with E-state index in [-0.39, 0.29) is 0 Å². The summed E-state index contributed by atoms with van der Waals surface area (Å²) >= 11 is 0. The number of nitrogens with two attached hydrogens (primary N) is 1. The number of H-pyrrole nitrogens is 2. The summed E-state index contributed by atoms with van der Waals surface area (Å²) in [5.41, 5.74) is 11.5. The Bertz CT molecular complexity index is 923. The molecule has 0 aliphatic rings. The topological polar surface area (TPSA) is 96.3 Å². The van der Waals surface area contributed by atoms with Crippen molar-refractivity contribution in [2.45, 2.75) is 6.54 Å². The van der Waals surface area contributed by atoms with Gasteiger partial charge in [-0.3, -0.25) is 10.1 Å². The van der Waals surface area contributed by atoms with E-state index in [9.17, 15) is 0 Å². The van der Waals surface area contributed by atoms with Crippen molar-refractivity contribution < 1.29 is 0 Å². The van der Waals surface area contributed by atoms with E-state index >= 15 is 0 Å². The maximum Gasteiger partial charge on any atom is 0.137 e. The summed E-state index contributed by atoms with van der Waals surface area (Å²) < 4.78 is 0. The van der Waals surface area contributed by atoms with E-state index in [4.69, 9.17) is 5.73 Å². The van der Waals surface area contributed by atoms with E-state index in [2.05, 4.69) is 31.2 Å². The van der Waals surface area contributed by atoms with Crippen LogP contribution in [0.25, 0.3) is 33.4 Å². The molecule has 6 heteroatoms. The third-order valence-corrected chi connectivity index (χ3v) is 3.68. The Hall–Kier alpha value is -2.99.